The van der Waals surface area contributed by atoms with Crippen LogP contribution in [0.3, 0.4) is 0 Å². The third-order valence-corrected chi connectivity index (χ3v) is 5.46. The van der Waals surface area contributed by atoms with E-state index in [0.29, 0.717) is 30.1 Å². The second-order valence-corrected chi connectivity index (χ2v) is 7.76. The number of carbonyl (C=O) groups is 2. The van der Waals surface area contributed by atoms with Crippen molar-refractivity contribution in [1.82, 2.24) is 20.1 Å². The van der Waals surface area contributed by atoms with Gasteiger partial charge in [0, 0.05) is 39.3 Å². The molecule has 1 saturated heterocycles. The second kappa shape index (κ2) is 11.6. The molecule has 31 heavy (non-hydrogen) atoms. The van der Waals surface area contributed by atoms with E-state index >= 15 is 0 Å². The minimum Gasteiger partial charge on any atom is -0.462 e. The lowest BCUT2D eigenvalue weighted by molar-refractivity contribution is 0.0524. The molecule has 1 N–H and O–H groups in total. The molecular formula is C24H32N4O3. The summed E-state index contributed by atoms with van der Waals surface area (Å²) >= 11 is 0. The first-order valence-electron chi connectivity index (χ1n) is 11.0. The third kappa shape index (κ3) is 6.87. The summed E-state index contributed by atoms with van der Waals surface area (Å²) in [5.41, 5.74) is 2.57. The molecule has 0 atom stereocenters. The Morgan fingerprint density at radius 1 is 1.03 bits per heavy atom. The highest BCUT2D eigenvalue weighted by molar-refractivity contribution is 5.94. The lowest BCUT2D eigenvalue weighted by atomic mass is 10.2. The number of hydrogen-bond donors (Lipinski definition) is 1. The van der Waals surface area contributed by atoms with Gasteiger partial charge in [-0.15, -0.1) is 0 Å². The summed E-state index contributed by atoms with van der Waals surface area (Å²) in [5.74, 6) is -0.630. The first-order valence-corrected chi connectivity index (χ1v) is 11.0. The molecular weight excluding hydrogens is 392 g/mol. The van der Waals surface area contributed by atoms with Crippen LogP contribution in [0.25, 0.3) is 0 Å². The maximum atomic E-state index is 12.4. The standard InChI is InChI=1S/C24H32N4O3/c1-3-31-24(30)21-10-11-22(26-19(21)2)23(29)25-12-7-13-27-14-16-28(17-15-27)18-20-8-5-4-6-9-20/h4-6,8-11H,3,7,12-18H2,1-2H3,(H,25,29). The number of piperazine rings is 1. The van der Waals surface area contributed by atoms with Crippen molar-refractivity contribution in [3.05, 3.63) is 65.0 Å². The Morgan fingerprint density at radius 3 is 2.42 bits per heavy atom. The number of esters is 1. The van der Waals surface area contributed by atoms with Crippen molar-refractivity contribution < 1.29 is 14.3 Å². The number of hydrogen-bond acceptors (Lipinski definition) is 6. The lowest BCUT2D eigenvalue weighted by Crippen LogP contribution is -2.46. The average Bonchev–Trinajstić information content (AvgIpc) is 2.78. The fourth-order valence-corrected chi connectivity index (χ4v) is 3.72. The van der Waals surface area contributed by atoms with Gasteiger partial charge in [0.25, 0.3) is 5.91 Å². The van der Waals surface area contributed by atoms with Gasteiger partial charge in [0.1, 0.15) is 5.69 Å². The van der Waals surface area contributed by atoms with Crippen LogP contribution in [0.2, 0.25) is 0 Å². The predicted octanol–water partition coefficient (Wildman–Crippen LogP) is 2.50. The summed E-state index contributed by atoms with van der Waals surface area (Å²) in [6.07, 6.45) is 0.893. The van der Waals surface area contributed by atoms with E-state index in [0.717, 1.165) is 45.7 Å². The fraction of sp³-hybridized carbons (Fsp3) is 0.458. The first kappa shape index (κ1) is 22.9. The topological polar surface area (TPSA) is 74.8 Å². The Morgan fingerprint density at radius 2 is 1.74 bits per heavy atom. The average molecular weight is 425 g/mol. The molecule has 166 valence electrons. The molecule has 7 nitrogen and oxygen atoms in total. The number of aromatic nitrogens is 1. The lowest BCUT2D eigenvalue weighted by Gasteiger charge is -2.34. The Kier molecular flexibility index (Phi) is 8.55. The van der Waals surface area contributed by atoms with Crippen LogP contribution >= 0.6 is 0 Å². The van der Waals surface area contributed by atoms with Crippen LogP contribution < -0.4 is 5.32 Å². The normalized spacial score (nSPS) is 14.9. The molecule has 0 bridgehead atoms. The fourth-order valence-electron chi connectivity index (χ4n) is 3.72. The molecule has 3 rings (SSSR count). The number of aryl methyl sites for hydroxylation is 1. The molecule has 1 aromatic carbocycles. The number of pyridine rings is 1. The van der Waals surface area contributed by atoms with E-state index < -0.39 is 5.97 Å². The number of rotatable bonds is 9. The van der Waals surface area contributed by atoms with Crippen molar-refractivity contribution in [3.8, 4) is 0 Å². The quantitative estimate of drug-likeness (QED) is 0.493. The van der Waals surface area contributed by atoms with Gasteiger partial charge in [0.2, 0.25) is 0 Å². The zero-order chi connectivity index (χ0) is 22.1. The molecule has 7 heteroatoms. The number of ether oxygens (including phenoxy) is 1. The molecule has 0 unspecified atom stereocenters. The maximum Gasteiger partial charge on any atom is 0.339 e. The van der Waals surface area contributed by atoms with E-state index in [9.17, 15) is 9.59 Å². The summed E-state index contributed by atoms with van der Waals surface area (Å²) in [5, 5.41) is 2.93. The van der Waals surface area contributed by atoms with Crippen LogP contribution in [0.5, 0.6) is 0 Å². The van der Waals surface area contributed by atoms with Crippen LogP contribution in [-0.4, -0.2) is 72.5 Å². The Hall–Kier alpha value is -2.77. The number of carbonyl (C=O) groups excluding carboxylic acids is 2. The smallest absolute Gasteiger partial charge is 0.339 e. The molecule has 2 aromatic rings. The minimum absolute atomic E-state index is 0.216. The Balaban J connectivity index is 1.35. The van der Waals surface area contributed by atoms with Crippen molar-refractivity contribution in [2.45, 2.75) is 26.8 Å². The molecule has 1 amide bonds. The zero-order valence-electron chi connectivity index (χ0n) is 18.5. The Bertz CT molecular complexity index is 864. The highest BCUT2D eigenvalue weighted by Gasteiger charge is 2.17. The summed E-state index contributed by atoms with van der Waals surface area (Å²) in [7, 11) is 0. The molecule has 1 aliphatic heterocycles. The minimum atomic E-state index is -0.414. The van der Waals surface area contributed by atoms with Gasteiger partial charge in [-0.2, -0.15) is 0 Å². The first-order chi connectivity index (χ1) is 15.1. The molecule has 0 spiro atoms. The van der Waals surface area contributed by atoms with Crippen LogP contribution in [0.15, 0.2) is 42.5 Å². The van der Waals surface area contributed by atoms with E-state index in [1.165, 1.54) is 5.56 Å². The molecule has 0 radical (unpaired) electrons. The van der Waals surface area contributed by atoms with Crippen molar-refractivity contribution >= 4 is 11.9 Å². The van der Waals surface area contributed by atoms with Gasteiger partial charge >= 0.3 is 5.97 Å². The number of amides is 1. The Labute approximate surface area is 184 Å². The number of benzene rings is 1. The summed E-state index contributed by atoms with van der Waals surface area (Å²) in [4.78, 5) is 33.4. The van der Waals surface area contributed by atoms with Crippen molar-refractivity contribution in [2.75, 3.05) is 45.9 Å². The van der Waals surface area contributed by atoms with Crippen LogP contribution in [0.1, 0.15) is 45.4 Å². The van der Waals surface area contributed by atoms with E-state index in [-0.39, 0.29) is 5.91 Å². The largest absolute Gasteiger partial charge is 0.462 e. The highest BCUT2D eigenvalue weighted by Crippen LogP contribution is 2.10. The summed E-state index contributed by atoms with van der Waals surface area (Å²) in [6.45, 7) is 10.6. The summed E-state index contributed by atoms with van der Waals surface area (Å²) < 4.78 is 5.00. The van der Waals surface area contributed by atoms with E-state index in [4.69, 9.17) is 4.74 Å². The molecule has 2 heterocycles. The predicted molar refractivity (Wildman–Crippen MR) is 120 cm³/mol. The van der Waals surface area contributed by atoms with E-state index in [1.54, 1.807) is 26.0 Å². The van der Waals surface area contributed by atoms with Gasteiger partial charge in [-0.25, -0.2) is 9.78 Å². The maximum absolute atomic E-state index is 12.4. The molecule has 1 aromatic heterocycles. The van der Waals surface area contributed by atoms with Crippen molar-refractivity contribution in [3.63, 3.8) is 0 Å². The van der Waals surface area contributed by atoms with Crippen LogP contribution in [-0.2, 0) is 11.3 Å². The van der Waals surface area contributed by atoms with Crippen molar-refractivity contribution in [1.29, 1.82) is 0 Å². The SMILES string of the molecule is CCOC(=O)c1ccc(C(=O)NCCCN2CCN(Cc3ccccc3)CC2)nc1C. The van der Waals surface area contributed by atoms with Gasteiger partial charge in [0.05, 0.1) is 17.9 Å². The van der Waals surface area contributed by atoms with Gasteiger partial charge in [-0.05, 0) is 44.5 Å². The van der Waals surface area contributed by atoms with Gasteiger partial charge in [-0.1, -0.05) is 30.3 Å². The molecule has 0 saturated carbocycles. The van der Waals surface area contributed by atoms with Gasteiger partial charge in [-0.3, -0.25) is 9.69 Å². The third-order valence-electron chi connectivity index (χ3n) is 5.46. The molecule has 1 aliphatic rings. The van der Waals surface area contributed by atoms with E-state index in [2.05, 4.69) is 50.4 Å². The van der Waals surface area contributed by atoms with Gasteiger partial charge < -0.3 is 15.0 Å². The van der Waals surface area contributed by atoms with E-state index in [1.807, 2.05) is 0 Å². The summed E-state index contributed by atoms with van der Waals surface area (Å²) in [6, 6.07) is 13.8. The highest BCUT2D eigenvalue weighted by atomic mass is 16.5. The molecule has 1 fully saturated rings. The van der Waals surface area contributed by atoms with Crippen molar-refractivity contribution in [2.24, 2.45) is 0 Å². The second-order valence-electron chi connectivity index (χ2n) is 7.76. The van der Waals surface area contributed by atoms with Crippen LogP contribution in [0, 0.1) is 6.92 Å². The molecule has 0 aliphatic carbocycles. The van der Waals surface area contributed by atoms with Crippen LogP contribution in [0.4, 0.5) is 0 Å². The zero-order valence-corrected chi connectivity index (χ0v) is 18.5. The number of nitrogens with one attached hydrogen (secondary N) is 1. The number of nitrogens with zero attached hydrogens (tertiary/aromatic N) is 3. The van der Waals surface area contributed by atoms with Gasteiger partial charge in [0.15, 0.2) is 0 Å². The monoisotopic (exact) mass is 424 g/mol.